The van der Waals surface area contributed by atoms with Crippen molar-refractivity contribution in [1.29, 1.82) is 0 Å². The van der Waals surface area contributed by atoms with Crippen molar-refractivity contribution >= 4 is 33.9 Å². The zero-order valence-electron chi connectivity index (χ0n) is 5.31. The summed E-state index contributed by atoms with van der Waals surface area (Å²) in [7, 11) is 0. The van der Waals surface area contributed by atoms with E-state index in [0.717, 1.165) is 0 Å². The maximum Gasteiger partial charge on any atom is 0 e. The summed E-state index contributed by atoms with van der Waals surface area (Å²) in [5.74, 6) is 0. The zero-order valence-corrected chi connectivity index (χ0v) is 6.49. The number of hydrogen-bond acceptors (Lipinski definition) is 5. The molecule has 0 bridgehead atoms. The van der Waals surface area contributed by atoms with Crippen LogP contribution in [0, 0.1) is 0 Å². The molecule has 0 amide bonds. The third-order valence-electron chi connectivity index (χ3n) is 0. The van der Waals surface area contributed by atoms with Crippen molar-refractivity contribution in [3.63, 3.8) is 0 Å². The summed E-state index contributed by atoms with van der Waals surface area (Å²) in [4.78, 5) is 38.8. The predicted molar refractivity (Wildman–Crippen MR) is 33.8 cm³/mol. The van der Waals surface area contributed by atoms with E-state index in [4.69, 9.17) is 24.0 Å². The van der Waals surface area contributed by atoms with Gasteiger partial charge in [0.1, 0.15) is 0 Å². The summed E-state index contributed by atoms with van der Waals surface area (Å²) in [6, 6.07) is 0. The second-order valence-electron chi connectivity index (χ2n) is 0. The first-order chi connectivity index (χ1) is 5.00. The van der Waals surface area contributed by atoms with Crippen LogP contribution in [-0.4, -0.2) is 33.9 Å². The van der Waals surface area contributed by atoms with Gasteiger partial charge in [0.25, 0.3) is 0 Å². The summed E-state index contributed by atoms with van der Waals surface area (Å²) in [5, 5.41) is 0. The first-order valence-electron chi connectivity index (χ1n) is 1.18. The van der Waals surface area contributed by atoms with E-state index in [2.05, 4.69) is 33.9 Å². The van der Waals surface area contributed by atoms with E-state index in [9.17, 15) is 0 Å². The molecule has 0 aliphatic heterocycles. The van der Waals surface area contributed by atoms with Crippen molar-refractivity contribution in [2.24, 2.45) is 0 Å². The second kappa shape index (κ2) is 430. The van der Waals surface area contributed by atoms with E-state index in [1.165, 1.54) is 0 Å². The standard InChI is InChI=1S/5CHO.Mn/c5*1-2;/h5*1H;/q5*-1;. The molecule has 5 nitrogen and oxygen atoms in total. The van der Waals surface area contributed by atoms with E-state index in [-0.39, 0.29) is 17.1 Å². The SMILES string of the molecule is [CH-]=O.[CH-]=O.[CH-]=O.[CH-]=O.[CH-]=O.[Mn]. The number of rotatable bonds is 0. The molecule has 0 heterocycles. The molecule has 0 aliphatic carbocycles. The molecular weight excluding hydrogens is 195 g/mol. The zero-order chi connectivity index (χ0) is 10.0. The van der Waals surface area contributed by atoms with Gasteiger partial charge in [-0.1, -0.05) is 0 Å². The van der Waals surface area contributed by atoms with E-state index in [1.54, 1.807) is 0 Å². The van der Waals surface area contributed by atoms with Crippen LogP contribution in [0.3, 0.4) is 0 Å². The Morgan fingerprint density at radius 1 is 0.364 bits per heavy atom. The van der Waals surface area contributed by atoms with E-state index in [1.807, 2.05) is 0 Å². The molecule has 0 aromatic heterocycles. The summed E-state index contributed by atoms with van der Waals surface area (Å²) in [5.41, 5.74) is 0. The van der Waals surface area contributed by atoms with Gasteiger partial charge in [-0.15, -0.1) is 0 Å². The van der Waals surface area contributed by atoms with Crippen LogP contribution in [-0.2, 0) is 41.0 Å². The van der Waals surface area contributed by atoms with Gasteiger partial charge in [0, 0.05) is 17.1 Å². The summed E-state index contributed by atoms with van der Waals surface area (Å²) < 4.78 is 0. The molecule has 6 heteroatoms. The Kier molecular flexibility index (Phi) is 2030. The molecule has 0 aromatic rings. The summed E-state index contributed by atoms with van der Waals surface area (Å²) >= 11 is 0. The molecule has 0 fully saturated rings. The quantitative estimate of drug-likeness (QED) is 0.273. The van der Waals surface area contributed by atoms with Crippen LogP contribution in [0.2, 0.25) is 0 Å². The Bertz CT molecular complexity index is 26.4. The monoisotopic (exact) mass is 200 g/mol. The molecule has 67 valence electrons. The molecule has 0 saturated carbocycles. The summed E-state index contributed by atoms with van der Waals surface area (Å²) in [6.45, 7) is 16.2. The molecule has 0 saturated heterocycles. The fourth-order valence-electron chi connectivity index (χ4n) is 0. The third-order valence-corrected chi connectivity index (χ3v) is 0. The topological polar surface area (TPSA) is 85.3 Å². The van der Waals surface area contributed by atoms with Crippen molar-refractivity contribution in [3.8, 4) is 0 Å². The minimum Gasteiger partial charge on any atom is -0.545 e. The predicted octanol–water partition coefficient (Wildman–Crippen LogP) is -1.37. The largest absolute Gasteiger partial charge is 0.545 e. The molecule has 1 radical (unpaired) electrons. The average Bonchev–Trinajstić information content (AvgIpc) is 2.20. The van der Waals surface area contributed by atoms with Crippen molar-refractivity contribution < 1.29 is 41.0 Å². The molecule has 0 aliphatic rings. The van der Waals surface area contributed by atoms with Crippen molar-refractivity contribution in [2.75, 3.05) is 0 Å². The van der Waals surface area contributed by atoms with Crippen LogP contribution < -0.4 is 0 Å². The third kappa shape index (κ3) is 327. The normalized spacial score (nSPS) is 1.82. The number of carbonyl (C=O) groups excluding carboxylic acids is 5. The van der Waals surface area contributed by atoms with Gasteiger partial charge in [-0.2, -0.15) is 0 Å². The minimum absolute atomic E-state index is 0. The number of hydrogen-bond donors (Lipinski definition) is 0. The molecule has 11 heavy (non-hydrogen) atoms. The van der Waals surface area contributed by atoms with Gasteiger partial charge in [-0.25, -0.2) is 0 Å². The van der Waals surface area contributed by atoms with Crippen LogP contribution in [0.15, 0.2) is 0 Å². The molecule has 0 spiro atoms. The maximum absolute atomic E-state index is 7.75. The molecule has 0 N–H and O–H groups in total. The van der Waals surface area contributed by atoms with Crippen LogP contribution in [0.5, 0.6) is 0 Å². The van der Waals surface area contributed by atoms with Gasteiger partial charge in [0.05, 0.1) is 0 Å². The van der Waals surface area contributed by atoms with Crippen molar-refractivity contribution in [1.82, 2.24) is 0 Å². The average molecular weight is 200 g/mol. The fourth-order valence-corrected chi connectivity index (χ4v) is 0. The van der Waals surface area contributed by atoms with Crippen LogP contribution in [0.4, 0.5) is 0 Å². The molecule has 0 unspecified atom stereocenters. The van der Waals surface area contributed by atoms with Gasteiger partial charge >= 0.3 is 0 Å². The molecule has 0 atom stereocenters. The van der Waals surface area contributed by atoms with Gasteiger partial charge < -0.3 is 24.0 Å². The Morgan fingerprint density at radius 2 is 0.364 bits per heavy atom. The Balaban J connectivity index is -0.00000000694. The first-order valence-corrected chi connectivity index (χ1v) is 1.18. The van der Waals surface area contributed by atoms with Gasteiger partial charge in [0.15, 0.2) is 0 Å². The van der Waals surface area contributed by atoms with Crippen LogP contribution >= 0.6 is 0 Å². The molecule has 0 rings (SSSR count). The molecular formula is C5H5MnO5-5. The van der Waals surface area contributed by atoms with E-state index < -0.39 is 0 Å². The smallest absolute Gasteiger partial charge is 0 e. The fraction of sp³-hybridized carbons (Fsp3) is 0. The second-order valence-corrected chi connectivity index (χ2v) is 0. The van der Waals surface area contributed by atoms with E-state index in [0.29, 0.717) is 0 Å². The van der Waals surface area contributed by atoms with Crippen molar-refractivity contribution in [3.05, 3.63) is 0 Å². The van der Waals surface area contributed by atoms with Crippen molar-refractivity contribution in [2.45, 2.75) is 0 Å². The Labute approximate surface area is 75.6 Å². The van der Waals surface area contributed by atoms with Gasteiger partial charge in [0.2, 0.25) is 0 Å². The van der Waals surface area contributed by atoms with Gasteiger partial charge in [-0.3, -0.25) is 33.9 Å². The van der Waals surface area contributed by atoms with Gasteiger partial charge in [-0.05, 0) is 0 Å². The minimum atomic E-state index is 0. The Hall–Kier alpha value is -1.13. The summed E-state index contributed by atoms with van der Waals surface area (Å²) in [6.07, 6.45) is 0. The Morgan fingerprint density at radius 3 is 0.364 bits per heavy atom. The van der Waals surface area contributed by atoms with Crippen LogP contribution in [0.25, 0.3) is 0 Å². The molecule has 0 aromatic carbocycles. The maximum atomic E-state index is 7.75. The first kappa shape index (κ1) is 51.9. The van der Waals surface area contributed by atoms with E-state index >= 15 is 0 Å². The van der Waals surface area contributed by atoms with Crippen LogP contribution in [0.1, 0.15) is 0 Å².